The van der Waals surface area contributed by atoms with Crippen molar-refractivity contribution >= 4 is 35.3 Å². The lowest BCUT2D eigenvalue weighted by Crippen LogP contribution is -2.12. The maximum absolute atomic E-state index is 11.1. The van der Waals surface area contributed by atoms with Gasteiger partial charge in [-0.2, -0.15) is 12.6 Å². The van der Waals surface area contributed by atoms with Crippen LogP contribution in [0.2, 0.25) is 0 Å². The molecule has 78 valence electrons. The Morgan fingerprint density at radius 3 is 3.13 bits per heavy atom. The van der Waals surface area contributed by atoms with Crippen LogP contribution in [0.25, 0.3) is 11.0 Å². The Labute approximate surface area is 92.7 Å². The average Bonchev–Trinajstić information content (AvgIpc) is 2.60. The number of anilines is 1. The smallest absolute Gasteiger partial charge is 0.234 e. The molecule has 0 aliphatic rings. The fourth-order valence-electron chi connectivity index (χ4n) is 1.41. The van der Waals surface area contributed by atoms with Crippen LogP contribution in [0, 0.1) is 0 Å². The van der Waals surface area contributed by atoms with Crippen molar-refractivity contribution in [2.45, 2.75) is 0 Å². The van der Waals surface area contributed by atoms with Crippen molar-refractivity contribution in [1.29, 1.82) is 0 Å². The van der Waals surface area contributed by atoms with Gasteiger partial charge in [0.25, 0.3) is 0 Å². The highest BCUT2D eigenvalue weighted by Crippen LogP contribution is 2.17. The zero-order valence-electron chi connectivity index (χ0n) is 8.27. The number of hydrogen-bond acceptors (Lipinski definition) is 3. The average molecular weight is 221 g/mol. The number of rotatable bonds is 2. The van der Waals surface area contributed by atoms with E-state index in [4.69, 9.17) is 0 Å². The number of fused-ring (bicyclic) bond motifs is 1. The van der Waals surface area contributed by atoms with E-state index in [1.807, 2.05) is 29.8 Å². The second kappa shape index (κ2) is 3.94. The summed E-state index contributed by atoms with van der Waals surface area (Å²) in [6, 6.07) is 5.62. The van der Waals surface area contributed by atoms with Crippen LogP contribution in [0.5, 0.6) is 0 Å². The molecule has 0 aliphatic heterocycles. The number of aryl methyl sites for hydroxylation is 1. The van der Waals surface area contributed by atoms with Crippen LogP contribution >= 0.6 is 12.6 Å². The number of carbonyl (C=O) groups is 1. The lowest BCUT2D eigenvalue weighted by Gasteiger charge is -2.02. The van der Waals surface area contributed by atoms with Gasteiger partial charge in [0.2, 0.25) is 5.91 Å². The Kier molecular flexibility index (Phi) is 2.64. The minimum atomic E-state index is -0.117. The Morgan fingerprint density at radius 1 is 1.60 bits per heavy atom. The molecule has 2 rings (SSSR count). The minimum absolute atomic E-state index is 0.117. The summed E-state index contributed by atoms with van der Waals surface area (Å²) in [5.41, 5.74) is 2.66. The number of imidazole rings is 1. The first-order valence-electron chi connectivity index (χ1n) is 4.52. The summed E-state index contributed by atoms with van der Waals surface area (Å²) in [5.74, 6) is 0.0638. The van der Waals surface area contributed by atoms with Crippen molar-refractivity contribution in [2.24, 2.45) is 7.05 Å². The van der Waals surface area contributed by atoms with Gasteiger partial charge in [-0.3, -0.25) is 4.79 Å². The molecule has 2 aromatic rings. The number of thiol groups is 1. The number of hydrogen-bond donors (Lipinski definition) is 2. The lowest BCUT2D eigenvalue weighted by atomic mass is 10.2. The molecule has 1 aromatic heterocycles. The van der Waals surface area contributed by atoms with E-state index < -0.39 is 0 Å². The summed E-state index contributed by atoms with van der Waals surface area (Å²) in [5, 5.41) is 2.73. The van der Waals surface area contributed by atoms with Crippen molar-refractivity contribution in [2.75, 3.05) is 11.1 Å². The second-order valence-electron chi connectivity index (χ2n) is 3.27. The van der Waals surface area contributed by atoms with Crippen molar-refractivity contribution in [3.05, 3.63) is 24.5 Å². The maximum atomic E-state index is 11.1. The van der Waals surface area contributed by atoms with Gasteiger partial charge in [-0.15, -0.1) is 0 Å². The van der Waals surface area contributed by atoms with Gasteiger partial charge < -0.3 is 9.88 Å². The Hall–Kier alpha value is -1.49. The fraction of sp³-hybridized carbons (Fsp3) is 0.200. The largest absolute Gasteiger partial charge is 0.334 e. The van der Waals surface area contributed by atoms with Gasteiger partial charge in [-0.25, -0.2) is 4.98 Å². The molecule has 1 amide bonds. The molecule has 0 spiro atoms. The standard InChI is InChI=1S/C10H11N3OS/c1-13-6-11-8-4-7(2-3-9(8)13)12-10(14)5-15/h2-4,6,15H,5H2,1H3,(H,12,14). The third kappa shape index (κ3) is 1.97. The number of nitrogens with zero attached hydrogens (tertiary/aromatic N) is 2. The Balaban J connectivity index is 2.35. The molecule has 0 aliphatic carbocycles. The molecule has 0 saturated heterocycles. The molecule has 1 aromatic carbocycles. The second-order valence-corrected chi connectivity index (χ2v) is 3.58. The summed E-state index contributed by atoms with van der Waals surface area (Å²) in [6.07, 6.45) is 1.74. The van der Waals surface area contributed by atoms with Crippen LogP contribution in [0.1, 0.15) is 0 Å². The summed E-state index contributed by atoms with van der Waals surface area (Å²) >= 11 is 3.89. The third-order valence-corrected chi connectivity index (χ3v) is 2.44. The van der Waals surface area contributed by atoms with Gasteiger partial charge in [-0.05, 0) is 18.2 Å². The normalized spacial score (nSPS) is 10.5. The molecular weight excluding hydrogens is 210 g/mol. The Morgan fingerprint density at radius 2 is 2.40 bits per heavy atom. The Bertz CT molecular complexity index is 506. The molecule has 1 heterocycles. The van der Waals surface area contributed by atoms with Gasteiger partial charge in [0.05, 0.1) is 23.1 Å². The van der Waals surface area contributed by atoms with Crippen molar-refractivity contribution < 1.29 is 4.79 Å². The van der Waals surface area contributed by atoms with E-state index in [1.54, 1.807) is 6.33 Å². The summed E-state index contributed by atoms with van der Waals surface area (Å²) < 4.78 is 1.93. The highest BCUT2D eigenvalue weighted by Gasteiger charge is 2.03. The molecule has 1 N–H and O–H groups in total. The first-order valence-corrected chi connectivity index (χ1v) is 5.16. The van der Waals surface area contributed by atoms with Crippen molar-refractivity contribution in [1.82, 2.24) is 9.55 Å². The summed E-state index contributed by atoms with van der Waals surface area (Å²) in [6.45, 7) is 0. The molecular formula is C10H11N3OS. The molecule has 15 heavy (non-hydrogen) atoms. The predicted octanol–water partition coefficient (Wildman–Crippen LogP) is 1.44. The molecule has 0 unspecified atom stereocenters. The molecule has 0 bridgehead atoms. The monoisotopic (exact) mass is 221 g/mol. The maximum Gasteiger partial charge on any atom is 0.234 e. The number of amides is 1. The van der Waals surface area contributed by atoms with Crippen LogP contribution < -0.4 is 5.32 Å². The first-order chi connectivity index (χ1) is 7.20. The number of aromatic nitrogens is 2. The van der Waals surface area contributed by atoms with E-state index in [1.165, 1.54) is 0 Å². The van der Waals surface area contributed by atoms with E-state index in [-0.39, 0.29) is 11.7 Å². The molecule has 0 saturated carbocycles. The number of carbonyl (C=O) groups excluding carboxylic acids is 1. The minimum Gasteiger partial charge on any atom is -0.334 e. The SMILES string of the molecule is Cn1cnc2cc(NC(=O)CS)ccc21. The molecule has 0 atom stereocenters. The number of benzene rings is 1. The number of nitrogens with one attached hydrogen (secondary N) is 1. The lowest BCUT2D eigenvalue weighted by molar-refractivity contribution is -0.113. The van der Waals surface area contributed by atoms with E-state index in [9.17, 15) is 4.79 Å². The highest BCUT2D eigenvalue weighted by atomic mass is 32.1. The zero-order valence-corrected chi connectivity index (χ0v) is 9.16. The van der Waals surface area contributed by atoms with Gasteiger partial charge >= 0.3 is 0 Å². The van der Waals surface area contributed by atoms with Crippen molar-refractivity contribution in [3.8, 4) is 0 Å². The van der Waals surface area contributed by atoms with E-state index in [0.29, 0.717) is 0 Å². The quantitative estimate of drug-likeness (QED) is 0.754. The molecule has 0 fully saturated rings. The van der Waals surface area contributed by atoms with E-state index in [2.05, 4.69) is 22.9 Å². The van der Waals surface area contributed by atoms with Gasteiger partial charge in [0.15, 0.2) is 0 Å². The van der Waals surface area contributed by atoms with E-state index in [0.717, 1.165) is 16.7 Å². The van der Waals surface area contributed by atoms with Gasteiger partial charge in [0.1, 0.15) is 0 Å². The van der Waals surface area contributed by atoms with Crippen molar-refractivity contribution in [3.63, 3.8) is 0 Å². The highest BCUT2D eigenvalue weighted by molar-refractivity contribution is 7.81. The summed E-state index contributed by atoms with van der Waals surface area (Å²) in [7, 11) is 1.93. The molecule has 5 heteroatoms. The van der Waals surface area contributed by atoms with Crippen LogP contribution in [0.3, 0.4) is 0 Å². The predicted molar refractivity (Wildman–Crippen MR) is 63.2 cm³/mol. The topological polar surface area (TPSA) is 46.9 Å². The van der Waals surface area contributed by atoms with Crippen LogP contribution in [0.4, 0.5) is 5.69 Å². The van der Waals surface area contributed by atoms with Crippen LogP contribution in [0.15, 0.2) is 24.5 Å². The fourth-order valence-corrected chi connectivity index (χ4v) is 1.49. The summed E-state index contributed by atoms with van der Waals surface area (Å²) in [4.78, 5) is 15.3. The van der Waals surface area contributed by atoms with E-state index >= 15 is 0 Å². The van der Waals surface area contributed by atoms with Crippen LogP contribution in [-0.4, -0.2) is 21.2 Å². The molecule has 0 radical (unpaired) electrons. The first kappa shape index (κ1) is 10.0. The third-order valence-electron chi connectivity index (χ3n) is 2.15. The van der Waals surface area contributed by atoms with Gasteiger partial charge in [-0.1, -0.05) is 0 Å². The molecule has 4 nitrogen and oxygen atoms in total. The van der Waals surface area contributed by atoms with Crippen LogP contribution in [-0.2, 0) is 11.8 Å². The zero-order chi connectivity index (χ0) is 10.8. The van der Waals surface area contributed by atoms with Gasteiger partial charge in [0, 0.05) is 12.7 Å².